The summed E-state index contributed by atoms with van der Waals surface area (Å²) in [7, 11) is 0. The van der Waals surface area contributed by atoms with Gasteiger partial charge in [-0.1, -0.05) is 30.3 Å². The Kier molecular flexibility index (Phi) is 3.34. The van der Waals surface area contributed by atoms with Crippen LogP contribution in [0.15, 0.2) is 54.6 Å². The van der Waals surface area contributed by atoms with Crippen molar-refractivity contribution in [2.75, 3.05) is 10.7 Å². The van der Waals surface area contributed by atoms with E-state index in [0.717, 1.165) is 5.56 Å². The maximum absolute atomic E-state index is 13.1. The molecule has 4 rings (SSSR count). The molecule has 23 heavy (non-hydrogen) atoms. The molecule has 3 amide bonds. The molecule has 0 unspecified atom stereocenters. The van der Waals surface area contributed by atoms with Crippen LogP contribution in [-0.4, -0.2) is 28.6 Å². The normalized spacial score (nSPS) is 23.5. The molecule has 4 nitrogen and oxygen atoms in total. The van der Waals surface area contributed by atoms with Crippen molar-refractivity contribution in [1.29, 1.82) is 0 Å². The molecule has 0 N–H and O–H groups in total. The summed E-state index contributed by atoms with van der Waals surface area (Å²) in [5, 5.41) is -0.259. The number of thioether (sulfide) groups is 1. The van der Waals surface area contributed by atoms with Gasteiger partial charge in [0.2, 0.25) is 0 Å². The predicted molar refractivity (Wildman–Crippen MR) is 86.6 cm³/mol. The number of imide groups is 1. The minimum Gasteiger partial charge on any atom is -0.295 e. The molecule has 2 aromatic carbocycles. The van der Waals surface area contributed by atoms with Crippen molar-refractivity contribution < 1.29 is 14.0 Å². The van der Waals surface area contributed by atoms with Crippen LogP contribution in [0.4, 0.5) is 14.9 Å². The lowest BCUT2D eigenvalue weighted by atomic mass is 10.2. The molecule has 2 aliphatic rings. The van der Waals surface area contributed by atoms with Crippen molar-refractivity contribution in [2.45, 2.75) is 11.4 Å². The lowest BCUT2D eigenvalue weighted by molar-refractivity contribution is -0.119. The van der Waals surface area contributed by atoms with E-state index in [2.05, 4.69) is 0 Å². The maximum Gasteiger partial charge on any atom is 0.333 e. The highest BCUT2D eigenvalue weighted by Gasteiger charge is 2.53. The predicted octanol–water partition coefficient (Wildman–Crippen LogP) is 3.41. The number of hydrogen-bond acceptors (Lipinski definition) is 3. The highest BCUT2D eigenvalue weighted by atomic mass is 32.2. The monoisotopic (exact) mass is 328 g/mol. The topological polar surface area (TPSA) is 40.6 Å². The number of fused-ring (bicyclic) bond motifs is 1. The molecule has 2 heterocycles. The third-order valence-electron chi connectivity index (χ3n) is 4.09. The van der Waals surface area contributed by atoms with Crippen LogP contribution in [0.5, 0.6) is 0 Å². The van der Waals surface area contributed by atoms with Crippen LogP contribution in [0, 0.1) is 5.82 Å². The van der Waals surface area contributed by atoms with Crippen LogP contribution in [0.25, 0.3) is 0 Å². The molecule has 0 spiro atoms. The van der Waals surface area contributed by atoms with Gasteiger partial charge in [-0.15, -0.1) is 11.8 Å². The Morgan fingerprint density at radius 1 is 1.00 bits per heavy atom. The number of carbonyl (C=O) groups is 2. The van der Waals surface area contributed by atoms with Gasteiger partial charge in [0.15, 0.2) is 0 Å². The Morgan fingerprint density at radius 2 is 1.70 bits per heavy atom. The quantitative estimate of drug-likeness (QED) is 0.793. The van der Waals surface area contributed by atoms with Crippen LogP contribution < -0.4 is 4.90 Å². The number of halogens is 1. The van der Waals surface area contributed by atoms with E-state index >= 15 is 0 Å². The summed E-state index contributed by atoms with van der Waals surface area (Å²) >= 11 is 1.53. The lowest BCUT2D eigenvalue weighted by Crippen LogP contribution is -2.33. The molecule has 0 aromatic heterocycles. The van der Waals surface area contributed by atoms with Crippen molar-refractivity contribution in [3.63, 3.8) is 0 Å². The van der Waals surface area contributed by atoms with Crippen LogP contribution in [0.2, 0.25) is 0 Å². The van der Waals surface area contributed by atoms with Gasteiger partial charge in [-0.25, -0.2) is 14.1 Å². The number of carbonyl (C=O) groups excluding carboxylic acids is 2. The SMILES string of the molecule is O=C1[C@H]2CS[C@H](c3ccc(F)cc3)N2C(=O)N1c1ccccc1. The number of benzene rings is 2. The zero-order valence-electron chi connectivity index (χ0n) is 12.1. The van der Waals surface area contributed by atoms with Gasteiger partial charge in [0.25, 0.3) is 5.91 Å². The Balaban J connectivity index is 1.68. The summed E-state index contributed by atoms with van der Waals surface area (Å²) in [6, 6.07) is 14.2. The first-order valence-corrected chi connectivity index (χ1v) is 8.30. The fourth-order valence-electron chi connectivity index (χ4n) is 2.99. The summed E-state index contributed by atoms with van der Waals surface area (Å²) in [5.41, 5.74) is 1.41. The summed E-state index contributed by atoms with van der Waals surface area (Å²) in [6.45, 7) is 0. The molecule has 2 aliphatic heterocycles. The standard InChI is InChI=1S/C17H13FN2O2S/c18-12-8-6-11(7-9-12)16-20-14(10-23-16)15(21)19(17(20)22)13-4-2-1-3-5-13/h1-9,14,16H,10H2/t14-,16-/m1/s1. The van der Waals surface area contributed by atoms with E-state index in [0.29, 0.717) is 11.4 Å². The second-order valence-corrected chi connectivity index (χ2v) is 6.57. The van der Waals surface area contributed by atoms with E-state index < -0.39 is 6.04 Å². The lowest BCUT2D eigenvalue weighted by Gasteiger charge is -2.23. The fraction of sp³-hybridized carbons (Fsp3) is 0.176. The van der Waals surface area contributed by atoms with Crippen LogP contribution in [0.1, 0.15) is 10.9 Å². The van der Waals surface area contributed by atoms with Crippen molar-refractivity contribution in [2.24, 2.45) is 0 Å². The fourth-order valence-corrected chi connectivity index (χ4v) is 4.40. The van der Waals surface area contributed by atoms with Crippen molar-refractivity contribution in [3.05, 3.63) is 66.0 Å². The van der Waals surface area contributed by atoms with E-state index in [1.165, 1.54) is 28.8 Å². The van der Waals surface area contributed by atoms with Gasteiger partial charge in [-0.3, -0.25) is 9.69 Å². The molecule has 2 fully saturated rings. The first kappa shape index (κ1) is 14.3. The van der Waals surface area contributed by atoms with Crippen LogP contribution in [-0.2, 0) is 4.79 Å². The Labute approximate surface area is 136 Å². The van der Waals surface area contributed by atoms with Gasteiger partial charge < -0.3 is 0 Å². The number of anilines is 1. The third kappa shape index (κ3) is 2.21. The number of para-hydroxylation sites is 1. The molecule has 2 saturated heterocycles. The zero-order chi connectivity index (χ0) is 16.0. The molecule has 0 radical (unpaired) electrons. The molecule has 6 heteroatoms. The van der Waals surface area contributed by atoms with Crippen LogP contribution >= 0.6 is 11.8 Å². The molecule has 0 aliphatic carbocycles. The van der Waals surface area contributed by atoms with E-state index in [9.17, 15) is 14.0 Å². The zero-order valence-corrected chi connectivity index (χ0v) is 12.9. The molecular weight excluding hydrogens is 315 g/mol. The average molecular weight is 328 g/mol. The molecular formula is C17H13FN2O2S. The van der Waals surface area contributed by atoms with E-state index in [-0.39, 0.29) is 23.1 Å². The number of nitrogens with zero attached hydrogens (tertiary/aromatic N) is 2. The Bertz CT molecular complexity index is 766. The number of amides is 3. The first-order chi connectivity index (χ1) is 11.2. The third-order valence-corrected chi connectivity index (χ3v) is 5.41. The maximum atomic E-state index is 13.1. The summed E-state index contributed by atoms with van der Waals surface area (Å²) in [6.07, 6.45) is 0. The van der Waals surface area contributed by atoms with Crippen molar-refractivity contribution in [3.8, 4) is 0 Å². The number of urea groups is 1. The van der Waals surface area contributed by atoms with Gasteiger partial charge >= 0.3 is 6.03 Å². The van der Waals surface area contributed by atoms with Gasteiger partial charge in [0, 0.05) is 5.75 Å². The summed E-state index contributed by atoms with van der Waals surface area (Å²) in [5.74, 6) is 0.0389. The Hall–Kier alpha value is -2.34. The van der Waals surface area contributed by atoms with E-state index in [1.807, 2.05) is 6.07 Å². The molecule has 0 bridgehead atoms. The van der Waals surface area contributed by atoms with Gasteiger partial charge in [0.1, 0.15) is 17.2 Å². The van der Waals surface area contributed by atoms with Crippen LogP contribution in [0.3, 0.4) is 0 Å². The number of hydrogen-bond donors (Lipinski definition) is 0. The summed E-state index contributed by atoms with van der Waals surface area (Å²) < 4.78 is 13.1. The largest absolute Gasteiger partial charge is 0.333 e. The minimum atomic E-state index is -0.456. The highest BCUT2D eigenvalue weighted by Crippen LogP contribution is 2.45. The second kappa shape index (κ2) is 5.38. The second-order valence-electron chi connectivity index (χ2n) is 5.45. The van der Waals surface area contributed by atoms with E-state index in [4.69, 9.17) is 0 Å². The molecule has 0 saturated carbocycles. The molecule has 116 valence electrons. The number of rotatable bonds is 2. The highest BCUT2D eigenvalue weighted by molar-refractivity contribution is 7.99. The van der Waals surface area contributed by atoms with E-state index in [1.54, 1.807) is 41.3 Å². The first-order valence-electron chi connectivity index (χ1n) is 7.25. The average Bonchev–Trinajstić information content (AvgIpc) is 3.10. The minimum absolute atomic E-state index is 0.196. The van der Waals surface area contributed by atoms with Gasteiger partial charge in [0.05, 0.1) is 5.69 Å². The molecule has 2 atom stereocenters. The van der Waals surface area contributed by atoms with Gasteiger partial charge in [-0.05, 0) is 29.8 Å². The van der Waals surface area contributed by atoms with Crippen molar-refractivity contribution in [1.82, 2.24) is 4.90 Å². The Morgan fingerprint density at radius 3 is 2.39 bits per heavy atom. The van der Waals surface area contributed by atoms with Crippen molar-refractivity contribution >= 4 is 29.4 Å². The summed E-state index contributed by atoms with van der Waals surface area (Å²) in [4.78, 5) is 28.3. The smallest absolute Gasteiger partial charge is 0.295 e. The van der Waals surface area contributed by atoms with Gasteiger partial charge in [-0.2, -0.15) is 0 Å². The molecule has 2 aromatic rings.